The summed E-state index contributed by atoms with van der Waals surface area (Å²) in [4.78, 5) is 4.65. The SMILES string of the molecule is COc1cc(NCc2ccc3ccccc3n2)ccc1Br. The summed E-state index contributed by atoms with van der Waals surface area (Å²) in [6, 6.07) is 18.2. The van der Waals surface area contributed by atoms with Crippen LogP contribution in [-0.2, 0) is 6.54 Å². The van der Waals surface area contributed by atoms with Gasteiger partial charge in [0.2, 0.25) is 0 Å². The highest BCUT2D eigenvalue weighted by Crippen LogP contribution is 2.28. The van der Waals surface area contributed by atoms with Crippen molar-refractivity contribution in [3.8, 4) is 5.75 Å². The third kappa shape index (κ3) is 3.16. The van der Waals surface area contributed by atoms with Gasteiger partial charge in [-0.15, -0.1) is 0 Å². The summed E-state index contributed by atoms with van der Waals surface area (Å²) in [5, 5.41) is 4.52. The Morgan fingerprint density at radius 1 is 1.10 bits per heavy atom. The van der Waals surface area contributed by atoms with E-state index in [9.17, 15) is 0 Å². The van der Waals surface area contributed by atoms with Gasteiger partial charge in [0.1, 0.15) is 5.75 Å². The lowest BCUT2D eigenvalue weighted by Gasteiger charge is -2.09. The van der Waals surface area contributed by atoms with Gasteiger partial charge in [-0.2, -0.15) is 0 Å². The van der Waals surface area contributed by atoms with E-state index in [0.717, 1.165) is 32.5 Å². The van der Waals surface area contributed by atoms with Crippen molar-refractivity contribution in [3.05, 3.63) is 64.8 Å². The van der Waals surface area contributed by atoms with Crippen molar-refractivity contribution in [1.29, 1.82) is 0 Å². The fourth-order valence-corrected chi connectivity index (χ4v) is 2.58. The highest BCUT2D eigenvalue weighted by atomic mass is 79.9. The number of para-hydroxylation sites is 1. The number of pyridine rings is 1. The van der Waals surface area contributed by atoms with Gasteiger partial charge in [-0.25, -0.2) is 0 Å². The van der Waals surface area contributed by atoms with Gasteiger partial charge < -0.3 is 10.1 Å². The van der Waals surface area contributed by atoms with Crippen LogP contribution in [0.15, 0.2) is 59.1 Å². The molecular weight excluding hydrogens is 328 g/mol. The van der Waals surface area contributed by atoms with Crippen molar-refractivity contribution in [1.82, 2.24) is 4.98 Å². The summed E-state index contributed by atoms with van der Waals surface area (Å²) >= 11 is 3.45. The Morgan fingerprint density at radius 2 is 1.95 bits per heavy atom. The Labute approximate surface area is 132 Å². The van der Waals surface area contributed by atoms with Gasteiger partial charge in [0.25, 0.3) is 0 Å². The molecule has 1 heterocycles. The Morgan fingerprint density at radius 3 is 2.81 bits per heavy atom. The summed E-state index contributed by atoms with van der Waals surface area (Å²) in [7, 11) is 1.66. The van der Waals surface area contributed by atoms with Crippen LogP contribution in [0.25, 0.3) is 10.9 Å². The minimum Gasteiger partial charge on any atom is -0.495 e. The Balaban J connectivity index is 1.76. The quantitative estimate of drug-likeness (QED) is 0.751. The molecule has 3 rings (SSSR count). The van der Waals surface area contributed by atoms with Gasteiger partial charge in [-0.3, -0.25) is 4.98 Å². The molecule has 21 heavy (non-hydrogen) atoms. The number of fused-ring (bicyclic) bond motifs is 1. The molecule has 0 atom stereocenters. The first kappa shape index (κ1) is 13.9. The second-order valence-corrected chi connectivity index (χ2v) is 5.55. The van der Waals surface area contributed by atoms with Crippen molar-refractivity contribution < 1.29 is 4.74 Å². The molecule has 0 bridgehead atoms. The van der Waals surface area contributed by atoms with Gasteiger partial charge >= 0.3 is 0 Å². The van der Waals surface area contributed by atoms with Gasteiger partial charge in [-0.1, -0.05) is 24.3 Å². The number of methoxy groups -OCH3 is 1. The third-order valence-corrected chi connectivity index (χ3v) is 3.94. The molecule has 4 heteroatoms. The zero-order valence-corrected chi connectivity index (χ0v) is 13.2. The molecule has 0 aliphatic rings. The summed E-state index contributed by atoms with van der Waals surface area (Å²) < 4.78 is 6.24. The average Bonchev–Trinajstić information content (AvgIpc) is 2.54. The maximum absolute atomic E-state index is 5.29. The standard InChI is InChI=1S/C17H15BrN2O/c1-21-17-10-13(8-9-15(17)18)19-11-14-7-6-12-4-2-3-5-16(12)20-14/h2-10,19H,11H2,1H3. The number of hydrogen-bond donors (Lipinski definition) is 1. The van der Waals surface area contributed by atoms with Crippen molar-refractivity contribution in [2.75, 3.05) is 12.4 Å². The summed E-state index contributed by atoms with van der Waals surface area (Å²) in [5.41, 5.74) is 3.03. The van der Waals surface area contributed by atoms with E-state index in [1.54, 1.807) is 7.11 Å². The van der Waals surface area contributed by atoms with Crippen molar-refractivity contribution in [2.24, 2.45) is 0 Å². The third-order valence-electron chi connectivity index (χ3n) is 3.28. The number of nitrogens with one attached hydrogen (secondary N) is 1. The van der Waals surface area contributed by atoms with Crippen LogP contribution in [0.4, 0.5) is 5.69 Å². The zero-order chi connectivity index (χ0) is 14.7. The van der Waals surface area contributed by atoms with Gasteiger partial charge in [0.05, 0.1) is 29.3 Å². The second kappa shape index (κ2) is 6.14. The van der Waals surface area contributed by atoms with Crippen LogP contribution in [0, 0.1) is 0 Å². The number of aromatic nitrogens is 1. The summed E-state index contributed by atoms with van der Waals surface area (Å²) in [6.45, 7) is 0.676. The topological polar surface area (TPSA) is 34.1 Å². The molecule has 0 saturated heterocycles. The lowest BCUT2D eigenvalue weighted by Crippen LogP contribution is -2.02. The van der Waals surface area contributed by atoms with Crippen LogP contribution in [0.5, 0.6) is 5.75 Å². The maximum atomic E-state index is 5.29. The number of hydrogen-bond acceptors (Lipinski definition) is 3. The molecule has 0 fully saturated rings. The van der Waals surface area contributed by atoms with Crippen LogP contribution in [-0.4, -0.2) is 12.1 Å². The first-order valence-corrected chi connectivity index (χ1v) is 7.47. The summed E-state index contributed by atoms with van der Waals surface area (Å²) in [6.07, 6.45) is 0. The van der Waals surface area contributed by atoms with Crippen molar-refractivity contribution in [3.63, 3.8) is 0 Å². The van der Waals surface area contributed by atoms with E-state index in [2.05, 4.69) is 38.4 Å². The Bertz CT molecular complexity index is 774. The van der Waals surface area contributed by atoms with Gasteiger partial charge in [0, 0.05) is 17.1 Å². The van der Waals surface area contributed by atoms with E-state index in [0.29, 0.717) is 6.54 Å². The normalized spacial score (nSPS) is 10.6. The molecule has 0 aliphatic carbocycles. The minimum absolute atomic E-state index is 0.676. The molecule has 0 unspecified atom stereocenters. The van der Waals surface area contributed by atoms with E-state index < -0.39 is 0 Å². The Hall–Kier alpha value is -2.07. The molecule has 2 aromatic carbocycles. The first-order valence-electron chi connectivity index (χ1n) is 6.68. The fraction of sp³-hybridized carbons (Fsp3) is 0.118. The molecule has 0 spiro atoms. The molecule has 106 valence electrons. The number of anilines is 1. The predicted molar refractivity (Wildman–Crippen MR) is 89.8 cm³/mol. The average molecular weight is 343 g/mol. The minimum atomic E-state index is 0.676. The van der Waals surface area contributed by atoms with Crippen LogP contribution < -0.4 is 10.1 Å². The molecule has 0 amide bonds. The van der Waals surface area contributed by atoms with Crippen molar-refractivity contribution in [2.45, 2.75) is 6.54 Å². The van der Waals surface area contributed by atoms with Gasteiger partial charge in [0.15, 0.2) is 0 Å². The number of benzene rings is 2. The molecule has 3 nitrogen and oxygen atoms in total. The molecule has 0 radical (unpaired) electrons. The molecule has 0 saturated carbocycles. The lowest BCUT2D eigenvalue weighted by molar-refractivity contribution is 0.412. The highest BCUT2D eigenvalue weighted by Gasteiger charge is 2.02. The number of halogens is 1. The molecular formula is C17H15BrN2O. The summed E-state index contributed by atoms with van der Waals surface area (Å²) in [5.74, 6) is 0.812. The number of ether oxygens (including phenoxy) is 1. The monoisotopic (exact) mass is 342 g/mol. The first-order chi connectivity index (χ1) is 10.3. The molecule has 3 aromatic rings. The van der Waals surface area contributed by atoms with Crippen LogP contribution in [0.1, 0.15) is 5.69 Å². The van der Waals surface area contributed by atoms with E-state index >= 15 is 0 Å². The van der Waals surface area contributed by atoms with Crippen LogP contribution >= 0.6 is 15.9 Å². The Kier molecular flexibility index (Phi) is 4.06. The highest BCUT2D eigenvalue weighted by molar-refractivity contribution is 9.10. The fourth-order valence-electron chi connectivity index (χ4n) is 2.17. The predicted octanol–water partition coefficient (Wildman–Crippen LogP) is 4.62. The largest absolute Gasteiger partial charge is 0.495 e. The van der Waals surface area contributed by atoms with E-state index in [4.69, 9.17) is 4.74 Å². The van der Waals surface area contributed by atoms with E-state index in [-0.39, 0.29) is 0 Å². The smallest absolute Gasteiger partial charge is 0.135 e. The van der Waals surface area contributed by atoms with Crippen LogP contribution in [0.2, 0.25) is 0 Å². The van der Waals surface area contributed by atoms with E-state index in [1.165, 1.54) is 0 Å². The van der Waals surface area contributed by atoms with Crippen LogP contribution in [0.3, 0.4) is 0 Å². The van der Waals surface area contributed by atoms with Gasteiger partial charge in [-0.05, 0) is 40.2 Å². The molecule has 1 aromatic heterocycles. The molecule has 0 aliphatic heterocycles. The number of nitrogens with zero attached hydrogens (tertiary/aromatic N) is 1. The maximum Gasteiger partial charge on any atom is 0.135 e. The molecule has 1 N–H and O–H groups in total. The second-order valence-electron chi connectivity index (χ2n) is 4.70. The zero-order valence-electron chi connectivity index (χ0n) is 11.6. The van der Waals surface area contributed by atoms with E-state index in [1.807, 2.05) is 42.5 Å². The number of rotatable bonds is 4. The van der Waals surface area contributed by atoms with Crippen molar-refractivity contribution >= 4 is 32.5 Å². The lowest BCUT2D eigenvalue weighted by atomic mass is 10.2.